The van der Waals surface area contributed by atoms with Crippen molar-refractivity contribution in [1.82, 2.24) is 9.55 Å². The maximum atomic E-state index is 13.2. The van der Waals surface area contributed by atoms with E-state index in [9.17, 15) is 14.4 Å². The van der Waals surface area contributed by atoms with Gasteiger partial charge in [0.15, 0.2) is 0 Å². The standard InChI is InChI=1S/C20H19N3O3.C2H6/c1-5-6-7-23-17(16(12(2)3)19(25)22-20(23)26)18(24)15-9-13(4)8-14(10-15)11-21;1-2/h8-10,12H,7H2,1-4H3,(H,22,25,26);1-2H3. The average Bonchev–Trinajstić information content (AvgIpc) is 2.66. The van der Waals surface area contributed by atoms with Gasteiger partial charge in [0.05, 0.1) is 18.2 Å². The van der Waals surface area contributed by atoms with Gasteiger partial charge in [0, 0.05) is 11.1 Å². The fourth-order valence-electron chi connectivity index (χ4n) is 2.79. The number of nitrogens with one attached hydrogen (secondary N) is 1. The topological polar surface area (TPSA) is 95.7 Å². The lowest BCUT2D eigenvalue weighted by Gasteiger charge is -2.16. The molecule has 0 bridgehead atoms. The van der Waals surface area contributed by atoms with Crippen LogP contribution in [0.5, 0.6) is 0 Å². The molecule has 28 heavy (non-hydrogen) atoms. The second-order valence-electron chi connectivity index (χ2n) is 6.22. The molecule has 1 aromatic carbocycles. The second-order valence-corrected chi connectivity index (χ2v) is 6.22. The third kappa shape index (κ3) is 4.86. The summed E-state index contributed by atoms with van der Waals surface area (Å²) >= 11 is 0. The van der Waals surface area contributed by atoms with Crippen LogP contribution in [-0.4, -0.2) is 15.3 Å². The van der Waals surface area contributed by atoms with Gasteiger partial charge in [-0.15, -0.1) is 5.92 Å². The van der Waals surface area contributed by atoms with Crippen molar-refractivity contribution >= 4 is 5.78 Å². The molecular formula is C22H25N3O3. The molecule has 0 unspecified atom stereocenters. The van der Waals surface area contributed by atoms with E-state index in [0.717, 1.165) is 5.56 Å². The summed E-state index contributed by atoms with van der Waals surface area (Å²) in [5.74, 6) is 4.69. The van der Waals surface area contributed by atoms with Crippen molar-refractivity contribution in [3.05, 3.63) is 67.0 Å². The predicted molar refractivity (Wildman–Crippen MR) is 110 cm³/mol. The van der Waals surface area contributed by atoms with Crippen LogP contribution < -0.4 is 11.2 Å². The Morgan fingerprint density at radius 3 is 2.39 bits per heavy atom. The number of aromatic amines is 1. The van der Waals surface area contributed by atoms with Gasteiger partial charge in [0.2, 0.25) is 5.78 Å². The molecule has 0 amide bonds. The Morgan fingerprint density at radius 2 is 1.86 bits per heavy atom. The molecule has 2 rings (SSSR count). The molecular weight excluding hydrogens is 354 g/mol. The lowest BCUT2D eigenvalue weighted by Crippen LogP contribution is -2.37. The Hall–Kier alpha value is -3.38. The molecule has 1 N–H and O–H groups in total. The maximum Gasteiger partial charge on any atom is 0.329 e. The van der Waals surface area contributed by atoms with Gasteiger partial charge in [-0.2, -0.15) is 5.26 Å². The zero-order valence-electron chi connectivity index (χ0n) is 17.1. The van der Waals surface area contributed by atoms with Crippen molar-refractivity contribution < 1.29 is 4.79 Å². The number of carbonyl (C=O) groups excluding carboxylic acids is 1. The zero-order chi connectivity index (χ0) is 21.4. The van der Waals surface area contributed by atoms with Crippen molar-refractivity contribution in [3.8, 4) is 17.9 Å². The SMILES string of the molecule is CC.CC#CCn1c(C(=O)c2cc(C)cc(C#N)c2)c(C(C)C)c(=O)[nH]c1=O. The van der Waals surface area contributed by atoms with E-state index >= 15 is 0 Å². The van der Waals surface area contributed by atoms with Gasteiger partial charge < -0.3 is 0 Å². The van der Waals surface area contributed by atoms with Gasteiger partial charge in [0.25, 0.3) is 5.56 Å². The summed E-state index contributed by atoms with van der Waals surface area (Å²) in [7, 11) is 0. The number of ketones is 1. The number of aryl methyl sites for hydroxylation is 1. The zero-order valence-corrected chi connectivity index (χ0v) is 17.1. The number of nitriles is 1. The lowest BCUT2D eigenvalue weighted by molar-refractivity contribution is 0.102. The summed E-state index contributed by atoms with van der Waals surface area (Å²) in [5, 5.41) is 9.15. The van der Waals surface area contributed by atoms with Crippen LogP contribution in [0.2, 0.25) is 0 Å². The van der Waals surface area contributed by atoms with Crippen LogP contribution in [0.3, 0.4) is 0 Å². The Kier molecular flexibility index (Phi) is 8.16. The number of hydrogen-bond acceptors (Lipinski definition) is 4. The minimum absolute atomic E-state index is 0.0101. The van der Waals surface area contributed by atoms with E-state index in [0.29, 0.717) is 5.56 Å². The smallest absolute Gasteiger partial charge is 0.287 e. The third-order valence-electron chi connectivity index (χ3n) is 3.91. The van der Waals surface area contributed by atoms with Gasteiger partial charge >= 0.3 is 5.69 Å². The highest BCUT2D eigenvalue weighted by atomic mass is 16.2. The number of H-pyrrole nitrogens is 1. The Balaban J connectivity index is 0.00000190. The number of rotatable bonds is 4. The first kappa shape index (κ1) is 22.7. The maximum absolute atomic E-state index is 13.2. The van der Waals surface area contributed by atoms with Crippen molar-refractivity contribution in [1.29, 1.82) is 5.26 Å². The highest BCUT2D eigenvalue weighted by molar-refractivity contribution is 6.09. The first-order chi connectivity index (χ1) is 13.3. The highest BCUT2D eigenvalue weighted by Crippen LogP contribution is 2.19. The summed E-state index contributed by atoms with van der Waals surface area (Å²) in [6, 6.07) is 6.77. The van der Waals surface area contributed by atoms with E-state index in [2.05, 4.69) is 16.8 Å². The fourth-order valence-corrected chi connectivity index (χ4v) is 2.79. The Labute approximate surface area is 164 Å². The van der Waals surface area contributed by atoms with E-state index in [4.69, 9.17) is 5.26 Å². The largest absolute Gasteiger partial charge is 0.329 e. The molecule has 0 radical (unpaired) electrons. The molecule has 0 aliphatic heterocycles. The van der Waals surface area contributed by atoms with Crippen LogP contribution >= 0.6 is 0 Å². The number of carbonyl (C=O) groups is 1. The number of hydrogen-bond donors (Lipinski definition) is 1. The minimum atomic E-state index is -0.682. The number of benzene rings is 1. The first-order valence-electron chi connectivity index (χ1n) is 9.13. The molecule has 0 spiro atoms. The molecule has 6 nitrogen and oxygen atoms in total. The molecule has 146 valence electrons. The molecule has 2 aromatic rings. The lowest BCUT2D eigenvalue weighted by atomic mass is 9.95. The van der Waals surface area contributed by atoms with E-state index in [1.165, 1.54) is 10.6 Å². The van der Waals surface area contributed by atoms with Gasteiger partial charge in [-0.3, -0.25) is 19.1 Å². The van der Waals surface area contributed by atoms with Gasteiger partial charge in [0.1, 0.15) is 5.69 Å². The average molecular weight is 379 g/mol. The van der Waals surface area contributed by atoms with Crippen molar-refractivity contribution in [2.75, 3.05) is 0 Å². The molecule has 0 fully saturated rings. The van der Waals surface area contributed by atoms with Crippen LogP contribution in [0, 0.1) is 30.1 Å². The molecule has 1 aromatic heterocycles. The molecule has 1 heterocycles. The van der Waals surface area contributed by atoms with Gasteiger partial charge in [-0.05, 0) is 43.5 Å². The van der Waals surface area contributed by atoms with E-state index in [1.807, 2.05) is 19.9 Å². The van der Waals surface area contributed by atoms with Crippen LogP contribution in [0.4, 0.5) is 0 Å². The molecule has 0 aliphatic rings. The van der Waals surface area contributed by atoms with Crippen molar-refractivity contribution in [3.63, 3.8) is 0 Å². The quantitative estimate of drug-likeness (QED) is 0.652. The van der Waals surface area contributed by atoms with Crippen LogP contribution in [-0.2, 0) is 6.54 Å². The van der Waals surface area contributed by atoms with Crippen molar-refractivity contribution in [2.45, 2.75) is 54.0 Å². The van der Waals surface area contributed by atoms with Gasteiger partial charge in [-0.25, -0.2) is 4.79 Å². The van der Waals surface area contributed by atoms with Crippen LogP contribution in [0.1, 0.15) is 73.3 Å². The van der Waals surface area contributed by atoms with Gasteiger partial charge in [-0.1, -0.05) is 33.6 Å². The summed E-state index contributed by atoms with van der Waals surface area (Å²) in [4.78, 5) is 40.1. The summed E-state index contributed by atoms with van der Waals surface area (Å²) in [5.41, 5.74) is 0.322. The van der Waals surface area contributed by atoms with Crippen molar-refractivity contribution in [2.24, 2.45) is 0 Å². The van der Waals surface area contributed by atoms with Crippen LogP contribution in [0.25, 0.3) is 0 Å². The van der Waals surface area contributed by atoms with Crippen LogP contribution in [0.15, 0.2) is 27.8 Å². The summed E-state index contributed by atoms with van der Waals surface area (Å²) in [6.07, 6.45) is 0. The molecule has 0 aliphatic carbocycles. The molecule has 0 atom stereocenters. The second kappa shape index (κ2) is 10.1. The predicted octanol–water partition coefficient (Wildman–Crippen LogP) is 3.12. The monoisotopic (exact) mass is 379 g/mol. The summed E-state index contributed by atoms with van der Waals surface area (Å²) < 4.78 is 1.18. The van der Waals surface area contributed by atoms with E-state index in [-0.39, 0.29) is 29.3 Å². The highest BCUT2D eigenvalue weighted by Gasteiger charge is 2.24. The molecule has 6 heteroatoms. The third-order valence-corrected chi connectivity index (χ3v) is 3.91. The normalized spacial score (nSPS) is 9.64. The first-order valence-corrected chi connectivity index (χ1v) is 9.13. The summed E-state index contributed by atoms with van der Waals surface area (Å²) in [6.45, 7) is 10.9. The Morgan fingerprint density at radius 1 is 1.21 bits per heavy atom. The number of nitrogens with zero attached hydrogens (tertiary/aromatic N) is 2. The van der Waals surface area contributed by atoms with E-state index < -0.39 is 17.0 Å². The van der Waals surface area contributed by atoms with E-state index in [1.54, 1.807) is 39.8 Å². The fraction of sp³-hybridized carbons (Fsp3) is 0.364. The molecule has 0 saturated heterocycles. The number of aromatic nitrogens is 2. The minimum Gasteiger partial charge on any atom is -0.287 e. The molecule has 0 saturated carbocycles. The Bertz CT molecular complexity index is 1090.